The number of nitrogens with one attached hydrogen (secondary N) is 1. The molecule has 1 unspecified atom stereocenters. The van der Waals surface area contributed by atoms with Crippen molar-refractivity contribution in [2.75, 3.05) is 20.1 Å². The van der Waals surface area contributed by atoms with Crippen molar-refractivity contribution in [2.45, 2.75) is 18.9 Å². The zero-order valence-corrected chi connectivity index (χ0v) is 10.3. The summed E-state index contributed by atoms with van der Waals surface area (Å²) < 4.78 is 15.0. The van der Waals surface area contributed by atoms with Gasteiger partial charge in [-0.2, -0.15) is 0 Å². The Morgan fingerprint density at radius 1 is 1.44 bits per heavy atom. The molecule has 1 aliphatic rings. The van der Waals surface area contributed by atoms with Gasteiger partial charge >= 0.3 is 5.69 Å². The molecule has 0 radical (unpaired) electrons. The van der Waals surface area contributed by atoms with Crippen molar-refractivity contribution in [2.24, 2.45) is 0 Å². The number of piperidine rings is 1. The van der Waals surface area contributed by atoms with Crippen molar-refractivity contribution in [1.82, 2.24) is 14.5 Å². The van der Waals surface area contributed by atoms with Gasteiger partial charge in [0.2, 0.25) is 0 Å². The number of aromatic amines is 1. The molecular formula is C13H16FN3O. The second-order valence-corrected chi connectivity index (χ2v) is 5.02. The molecule has 4 nitrogen and oxygen atoms in total. The summed E-state index contributed by atoms with van der Waals surface area (Å²) in [4.78, 5) is 17.0. The number of nitrogens with zero attached hydrogens (tertiary/aromatic N) is 2. The minimum absolute atomic E-state index is 0.131. The SMILES string of the molecule is CN1CCCC(n2c(=O)[nH]c3ccc(F)cc32)C1. The highest BCUT2D eigenvalue weighted by Crippen LogP contribution is 2.23. The van der Waals surface area contributed by atoms with E-state index in [1.54, 1.807) is 10.6 Å². The van der Waals surface area contributed by atoms with Crippen LogP contribution in [0.5, 0.6) is 0 Å². The summed E-state index contributed by atoms with van der Waals surface area (Å²) in [6.07, 6.45) is 2.03. The topological polar surface area (TPSA) is 41.0 Å². The summed E-state index contributed by atoms with van der Waals surface area (Å²) in [5, 5.41) is 0. The van der Waals surface area contributed by atoms with Crippen molar-refractivity contribution < 1.29 is 4.39 Å². The number of aromatic nitrogens is 2. The van der Waals surface area contributed by atoms with E-state index >= 15 is 0 Å². The number of imidazole rings is 1. The van der Waals surface area contributed by atoms with E-state index in [-0.39, 0.29) is 17.5 Å². The Hall–Kier alpha value is -1.62. The number of rotatable bonds is 1. The number of H-pyrrole nitrogens is 1. The molecule has 5 heteroatoms. The molecule has 0 bridgehead atoms. The molecular weight excluding hydrogens is 233 g/mol. The van der Waals surface area contributed by atoms with E-state index in [1.165, 1.54) is 12.1 Å². The van der Waals surface area contributed by atoms with Crippen molar-refractivity contribution in [3.63, 3.8) is 0 Å². The number of hydrogen-bond acceptors (Lipinski definition) is 2. The van der Waals surface area contributed by atoms with Crippen LogP contribution >= 0.6 is 0 Å². The van der Waals surface area contributed by atoms with Crippen LogP contribution in [0.4, 0.5) is 4.39 Å². The van der Waals surface area contributed by atoms with E-state index in [0.29, 0.717) is 11.0 Å². The van der Waals surface area contributed by atoms with Crippen LogP contribution in [0.3, 0.4) is 0 Å². The Labute approximate surface area is 104 Å². The van der Waals surface area contributed by atoms with Crippen molar-refractivity contribution in [3.05, 3.63) is 34.5 Å². The molecule has 1 fully saturated rings. The first kappa shape index (κ1) is 11.5. The van der Waals surface area contributed by atoms with Gasteiger partial charge in [0.1, 0.15) is 5.82 Å². The predicted octanol–water partition coefficient (Wildman–Crippen LogP) is 1.74. The molecule has 0 spiro atoms. The van der Waals surface area contributed by atoms with Crippen LogP contribution in [0, 0.1) is 5.82 Å². The Bertz CT molecular complexity index is 631. The monoisotopic (exact) mass is 249 g/mol. The van der Waals surface area contributed by atoms with Gasteiger partial charge < -0.3 is 9.88 Å². The molecule has 18 heavy (non-hydrogen) atoms. The lowest BCUT2D eigenvalue weighted by Crippen LogP contribution is -2.36. The first-order valence-corrected chi connectivity index (χ1v) is 6.23. The van der Waals surface area contributed by atoms with Gasteiger partial charge in [0, 0.05) is 6.54 Å². The molecule has 1 atom stereocenters. The van der Waals surface area contributed by atoms with Crippen LogP contribution in [0.25, 0.3) is 11.0 Å². The molecule has 1 saturated heterocycles. The zero-order valence-electron chi connectivity index (χ0n) is 10.3. The summed E-state index contributed by atoms with van der Waals surface area (Å²) >= 11 is 0. The zero-order chi connectivity index (χ0) is 12.7. The minimum atomic E-state index is -0.306. The molecule has 1 N–H and O–H groups in total. The number of halogens is 1. The molecule has 2 heterocycles. The van der Waals surface area contributed by atoms with Crippen LogP contribution < -0.4 is 5.69 Å². The average molecular weight is 249 g/mol. The summed E-state index contributed by atoms with van der Waals surface area (Å²) in [5.41, 5.74) is 1.23. The number of fused-ring (bicyclic) bond motifs is 1. The number of likely N-dealkylation sites (tertiary alicyclic amines) is 1. The van der Waals surface area contributed by atoms with Crippen molar-refractivity contribution in [3.8, 4) is 0 Å². The lowest BCUT2D eigenvalue weighted by atomic mass is 10.1. The maximum atomic E-state index is 13.3. The van der Waals surface area contributed by atoms with Gasteiger partial charge in [0.15, 0.2) is 0 Å². The van der Waals surface area contributed by atoms with Gasteiger partial charge in [-0.25, -0.2) is 9.18 Å². The maximum Gasteiger partial charge on any atom is 0.326 e. The molecule has 0 amide bonds. The largest absolute Gasteiger partial charge is 0.326 e. The fourth-order valence-electron chi connectivity index (χ4n) is 2.81. The molecule has 0 saturated carbocycles. The summed E-state index contributed by atoms with van der Waals surface area (Å²) in [5.74, 6) is -0.306. The maximum absolute atomic E-state index is 13.3. The quantitative estimate of drug-likeness (QED) is 0.836. The lowest BCUT2D eigenvalue weighted by molar-refractivity contribution is 0.212. The summed E-state index contributed by atoms with van der Waals surface area (Å²) in [6, 6.07) is 4.55. The first-order chi connectivity index (χ1) is 8.65. The van der Waals surface area contributed by atoms with Gasteiger partial charge in [-0.15, -0.1) is 0 Å². The Morgan fingerprint density at radius 2 is 2.28 bits per heavy atom. The van der Waals surface area contributed by atoms with Gasteiger partial charge in [0.25, 0.3) is 0 Å². The highest BCUT2D eigenvalue weighted by atomic mass is 19.1. The average Bonchev–Trinajstić information content (AvgIpc) is 2.64. The standard InChI is InChI=1S/C13H16FN3O/c1-16-6-2-3-10(8-16)17-12-7-9(14)4-5-11(12)15-13(17)18/h4-5,7,10H,2-3,6,8H2,1H3,(H,15,18). The van der Waals surface area contributed by atoms with Crippen LogP contribution in [0.1, 0.15) is 18.9 Å². The third-order valence-electron chi connectivity index (χ3n) is 3.64. The Morgan fingerprint density at radius 3 is 3.06 bits per heavy atom. The van der Waals surface area contributed by atoms with E-state index in [2.05, 4.69) is 9.88 Å². The van der Waals surface area contributed by atoms with Gasteiger partial charge in [-0.1, -0.05) is 0 Å². The minimum Gasteiger partial charge on any atom is -0.306 e. The van der Waals surface area contributed by atoms with Crippen LogP contribution in [0.2, 0.25) is 0 Å². The Balaban J connectivity index is 2.12. The predicted molar refractivity (Wildman–Crippen MR) is 68.3 cm³/mol. The van der Waals surface area contributed by atoms with E-state index in [1.807, 2.05) is 7.05 Å². The van der Waals surface area contributed by atoms with Crippen LogP contribution in [0.15, 0.2) is 23.0 Å². The summed E-state index contributed by atoms with van der Waals surface area (Å²) in [7, 11) is 2.05. The fourth-order valence-corrected chi connectivity index (χ4v) is 2.81. The molecule has 1 aliphatic heterocycles. The second-order valence-electron chi connectivity index (χ2n) is 5.02. The molecule has 1 aromatic carbocycles. The molecule has 96 valence electrons. The Kier molecular flexibility index (Phi) is 2.70. The number of likely N-dealkylation sites (N-methyl/N-ethyl adjacent to an activating group) is 1. The van der Waals surface area contributed by atoms with Gasteiger partial charge in [-0.3, -0.25) is 4.57 Å². The van der Waals surface area contributed by atoms with E-state index in [4.69, 9.17) is 0 Å². The fraction of sp³-hybridized carbons (Fsp3) is 0.462. The van der Waals surface area contributed by atoms with Gasteiger partial charge in [0.05, 0.1) is 17.1 Å². The highest BCUT2D eigenvalue weighted by Gasteiger charge is 2.22. The van der Waals surface area contributed by atoms with Gasteiger partial charge in [-0.05, 0) is 44.6 Å². The molecule has 1 aromatic heterocycles. The third-order valence-corrected chi connectivity index (χ3v) is 3.64. The summed E-state index contributed by atoms with van der Waals surface area (Å²) in [6.45, 7) is 1.89. The van der Waals surface area contributed by atoms with E-state index < -0.39 is 0 Å². The first-order valence-electron chi connectivity index (χ1n) is 6.23. The van der Waals surface area contributed by atoms with Crippen LogP contribution in [-0.2, 0) is 0 Å². The van der Waals surface area contributed by atoms with Crippen molar-refractivity contribution in [1.29, 1.82) is 0 Å². The number of benzene rings is 1. The van der Waals surface area contributed by atoms with Crippen LogP contribution in [-0.4, -0.2) is 34.6 Å². The van der Waals surface area contributed by atoms with E-state index in [9.17, 15) is 9.18 Å². The van der Waals surface area contributed by atoms with Crippen molar-refractivity contribution >= 4 is 11.0 Å². The number of hydrogen-bond donors (Lipinski definition) is 1. The highest BCUT2D eigenvalue weighted by molar-refractivity contribution is 5.75. The molecule has 3 rings (SSSR count). The third kappa shape index (κ3) is 1.84. The smallest absolute Gasteiger partial charge is 0.306 e. The normalized spacial score (nSPS) is 21.6. The molecule has 2 aromatic rings. The molecule has 0 aliphatic carbocycles. The van der Waals surface area contributed by atoms with E-state index in [0.717, 1.165) is 25.9 Å². The lowest BCUT2D eigenvalue weighted by Gasteiger charge is -2.30. The second kappa shape index (κ2) is 4.24.